The van der Waals surface area contributed by atoms with Crippen LogP contribution in [-0.2, 0) is 9.59 Å². The number of nitrogens with zero attached hydrogens (tertiary/aromatic N) is 3. The van der Waals surface area contributed by atoms with E-state index in [0.717, 1.165) is 19.3 Å². The maximum absolute atomic E-state index is 13.9. The largest absolute Gasteiger partial charge is 0.478 e. The number of aromatic carboxylic acids is 1. The molecule has 3 amide bonds. The van der Waals surface area contributed by atoms with Gasteiger partial charge in [0.2, 0.25) is 11.8 Å². The third-order valence-electron chi connectivity index (χ3n) is 6.75. The number of pyridine rings is 1. The Labute approximate surface area is 217 Å². The topological polar surface area (TPSA) is 133 Å². The number of fused-ring (bicyclic) bond motifs is 1. The maximum Gasteiger partial charge on any atom is 0.338 e. The van der Waals surface area contributed by atoms with Gasteiger partial charge in [-0.2, -0.15) is 0 Å². The Kier molecular flexibility index (Phi) is 6.84. The summed E-state index contributed by atoms with van der Waals surface area (Å²) in [5.41, 5.74) is -0.200. The lowest BCUT2D eigenvalue weighted by Crippen LogP contribution is -2.50. The molecule has 1 aliphatic heterocycles. The first kappa shape index (κ1) is 24.8. The molecule has 3 heterocycles. The second kappa shape index (κ2) is 10.2. The molecule has 1 aliphatic carbocycles. The minimum atomic E-state index is -1.28. The molecule has 192 valence electrons. The SMILES string of the molecule is O=C(Nc1ccc(Cl)cn1)c1cc2ccc(C(=O)O)c(N(C(=O)C3CCCCC3)N3CCCC3=O)c2o1. The summed E-state index contributed by atoms with van der Waals surface area (Å²) in [5, 5.41) is 16.0. The highest BCUT2D eigenvalue weighted by Crippen LogP contribution is 2.38. The van der Waals surface area contributed by atoms with Crippen molar-refractivity contribution in [1.29, 1.82) is 0 Å². The Morgan fingerprint density at radius 1 is 1.11 bits per heavy atom. The number of halogens is 1. The molecule has 11 heteroatoms. The van der Waals surface area contributed by atoms with Crippen LogP contribution in [0.2, 0.25) is 5.02 Å². The second-order valence-electron chi connectivity index (χ2n) is 9.22. The van der Waals surface area contributed by atoms with Crippen LogP contribution in [0.3, 0.4) is 0 Å². The van der Waals surface area contributed by atoms with Crippen LogP contribution in [0.15, 0.2) is 40.9 Å². The van der Waals surface area contributed by atoms with Crippen molar-refractivity contribution in [2.24, 2.45) is 5.92 Å². The molecule has 2 N–H and O–H groups in total. The number of amides is 3. The average molecular weight is 525 g/mol. The molecule has 0 bridgehead atoms. The Hall–Kier alpha value is -3.92. The van der Waals surface area contributed by atoms with Crippen molar-refractivity contribution in [2.45, 2.75) is 44.9 Å². The third kappa shape index (κ3) is 4.89. The van der Waals surface area contributed by atoms with Crippen LogP contribution in [-0.4, -0.2) is 45.3 Å². The molecule has 1 aromatic carbocycles. The van der Waals surface area contributed by atoms with E-state index in [0.29, 0.717) is 29.7 Å². The summed E-state index contributed by atoms with van der Waals surface area (Å²) in [6, 6.07) is 7.44. The summed E-state index contributed by atoms with van der Waals surface area (Å²) < 4.78 is 5.90. The molecule has 3 aromatic rings. The number of benzene rings is 1. The zero-order chi connectivity index (χ0) is 26.1. The maximum atomic E-state index is 13.9. The molecule has 0 radical (unpaired) electrons. The molecule has 10 nitrogen and oxygen atoms in total. The Balaban J connectivity index is 1.61. The lowest BCUT2D eigenvalue weighted by atomic mass is 9.88. The van der Waals surface area contributed by atoms with Gasteiger partial charge in [-0.1, -0.05) is 36.9 Å². The molecular formula is C26H25ClN4O6. The molecule has 0 spiro atoms. The van der Waals surface area contributed by atoms with E-state index in [9.17, 15) is 24.3 Å². The summed E-state index contributed by atoms with van der Waals surface area (Å²) in [5.74, 6) is -2.69. The van der Waals surface area contributed by atoms with Crippen molar-refractivity contribution in [3.8, 4) is 0 Å². The van der Waals surface area contributed by atoms with Gasteiger partial charge in [-0.25, -0.2) is 19.8 Å². The summed E-state index contributed by atoms with van der Waals surface area (Å²) in [6.45, 7) is 0.281. The van der Waals surface area contributed by atoms with E-state index in [1.807, 2.05) is 0 Å². The monoisotopic (exact) mass is 524 g/mol. The van der Waals surface area contributed by atoms with Gasteiger partial charge in [-0.15, -0.1) is 0 Å². The number of hydrogen-bond acceptors (Lipinski definition) is 6. The average Bonchev–Trinajstić information content (AvgIpc) is 3.52. The highest BCUT2D eigenvalue weighted by atomic mass is 35.5. The second-order valence-corrected chi connectivity index (χ2v) is 9.65. The van der Waals surface area contributed by atoms with Crippen LogP contribution in [0.4, 0.5) is 11.5 Å². The van der Waals surface area contributed by atoms with Crippen molar-refractivity contribution >= 4 is 57.8 Å². The molecular weight excluding hydrogens is 500 g/mol. The smallest absolute Gasteiger partial charge is 0.338 e. The molecule has 2 aliphatic rings. The minimum Gasteiger partial charge on any atom is -0.478 e. The molecule has 5 rings (SSSR count). The summed E-state index contributed by atoms with van der Waals surface area (Å²) in [6.07, 6.45) is 6.32. The fraction of sp³-hybridized carbons (Fsp3) is 0.346. The number of anilines is 2. The van der Waals surface area contributed by atoms with Crippen LogP contribution >= 0.6 is 11.6 Å². The molecule has 37 heavy (non-hydrogen) atoms. The van der Waals surface area contributed by atoms with Crippen LogP contribution in [0.1, 0.15) is 65.9 Å². The molecule has 0 atom stereocenters. The molecule has 1 saturated heterocycles. The zero-order valence-electron chi connectivity index (χ0n) is 19.9. The quantitative estimate of drug-likeness (QED) is 0.469. The minimum absolute atomic E-state index is 0.0398. The van der Waals surface area contributed by atoms with Crippen molar-refractivity contribution < 1.29 is 28.7 Å². The highest BCUT2D eigenvalue weighted by Gasteiger charge is 2.39. The van der Waals surface area contributed by atoms with Gasteiger partial charge < -0.3 is 14.8 Å². The van der Waals surface area contributed by atoms with Crippen LogP contribution < -0.4 is 10.3 Å². The number of carbonyl (C=O) groups is 4. The van der Waals surface area contributed by atoms with Gasteiger partial charge in [0, 0.05) is 30.5 Å². The standard InChI is InChI=1S/C26H25ClN4O6/c27-17-9-11-20(28-14-17)29-24(33)19-13-16-8-10-18(26(35)36)22(23(16)37-19)31(30-12-4-7-21(30)32)25(34)15-5-2-1-3-6-15/h8-11,13-15H,1-7,12H2,(H,35,36)(H,28,29,33). The van der Waals surface area contributed by atoms with Crippen LogP contribution in [0.5, 0.6) is 0 Å². The Bertz CT molecular complexity index is 1380. The predicted molar refractivity (Wildman–Crippen MR) is 135 cm³/mol. The number of hydrogen-bond donors (Lipinski definition) is 2. The van der Waals surface area contributed by atoms with Gasteiger partial charge in [0.1, 0.15) is 11.5 Å². The summed E-state index contributed by atoms with van der Waals surface area (Å²) in [4.78, 5) is 55.9. The Morgan fingerprint density at radius 3 is 2.54 bits per heavy atom. The highest BCUT2D eigenvalue weighted by molar-refractivity contribution is 6.30. The van der Waals surface area contributed by atoms with E-state index in [-0.39, 0.29) is 59.1 Å². The van der Waals surface area contributed by atoms with Crippen molar-refractivity contribution in [2.75, 3.05) is 16.9 Å². The number of carboxylic acids is 1. The first-order chi connectivity index (χ1) is 17.8. The predicted octanol–water partition coefficient (Wildman–Crippen LogP) is 4.88. The molecule has 2 fully saturated rings. The number of aromatic nitrogens is 1. The molecule has 1 saturated carbocycles. The number of carbonyl (C=O) groups excluding carboxylic acids is 3. The normalized spacial score (nSPS) is 16.2. The van der Waals surface area contributed by atoms with Gasteiger partial charge in [0.05, 0.1) is 10.6 Å². The fourth-order valence-corrected chi connectivity index (χ4v) is 5.04. The van der Waals surface area contributed by atoms with E-state index in [2.05, 4.69) is 10.3 Å². The van der Waals surface area contributed by atoms with Gasteiger partial charge in [-0.05, 0) is 43.5 Å². The lowest BCUT2D eigenvalue weighted by Gasteiger charge is -2.35. The first-order valence-electron chi connectivity index (χ1n) is 12.2. The van der Waals surface area contributed by atoms with E-state index in [4.69, 9.17) is 16.0 Å². The van der Waals surface area contributed by atoms with Crippen molar-refractivity contribution in [3.63, 3.8) is 0 Å². The number of carboxylic acid groups (broad SMARTS) is 1. The fourth-order valence-electron chi connectivity index (χ4n) is 4.93. The van der Waals surface area contributed by atoms with E-state index in [1.54, 1.807) is 6.07 Å². The van der Waals surface area contributed by atoms with Crippen molar-refractivity contribution in [1.82, 2.24) is 9.99 Å². The van der Waals surface area contributed by atoms with E-state index in [1.165, 1.54) is 40.5 Å². The van der Waals surface area contributed by atoms with Crippen LogP contribution in [0.25, 0.3) is 11.0 Å². The van der Waals surface area contributed by atoms with E-state index < -0.39 is 11.9 Å². The number of nitrogens with one attached hydrogen (secondary N) is 1. The van der Waals surface area contributed by atoms with Gasteiger partial charge in [-0.3, -0.25) is 14.4 Å². The van der Waals surface area contributed by atoms with Gasteiger partial charge in [0.15, 0.2) is 11.3 Å². The van der Waals surface area contributed by atoms with Crippen LogP contribution in [0, 0.1) is 5.92 Å². The molecule has 2 aromatic heterocycles. The number of furan rings is 1. The van der Waals surface area contributed by atoms with Crippen molar-refractivity contribution in [3.05, 3.63) is 52.9 Å². The zero-order valence-corrected chi connectivity index (χ0v) is 20.7. The number of rotatable bonds is 6. The molecule has 0 unspecified atom stereocenters. The summed E-state index contributed by atoms with van der Waals surface area (Å²) in [7, 11) is 0. The number of hydrazine groups is 1. The third-order valence-corrected chi connectivity index (χ3v) is 6.97. The van der Waals surface area contributed by atoms with Gasteiger partial charge in [0.25, 0.3) is 5.91 Å². The summed E-state index contributed by atoms with van der Waals surface area (Å²) >= 11 is 5.85. The Morgan fingerprint density at radius 2 is 1.89 bits per heavy atom. The first-order valence-corrected chi connectivity index (χ1v) is 12.6. The van der Waals surface area contributed by atoms with E-state index >= 15 is 0 Å². The lowest BCUT2D eigenvalue weighted by molar-refractivity contribution is -0.135. The van der Waals surface area contributed by atoms with Gasteiger partial charge >= 0.3 is 5.97 Å².